The Morgan fingerprint density at radius 2 is 2.00 bits per heavy atom. The summed E-state index contributed by atoms with van der Waals surface area (Å²) in [5.74, 6) is 0.00685. The van der Waals surface area contributed by atoms with Gasteiger partial charge < -0.3 is 15.4 Å². The smallest absolute Gasteiger partial charge is 0.234 e. The second-order valence-corrected chi connectivity index (χ2v) is 4.98. The number of hydrogen-bond acceptors (Lipinski definition) is 3. The molecule has 16 heavy (non-hydrogen) atoms. The van der Waals surface area contributed by atoms with Gasteiger partial charge in [-0.05, 0) is 27.7 Å². The number of ether oxygens (including phenoxy) is 1. The van der Waals surface area contributed by atoms with Gasteiger partial charge in [-0.25, -0.2) is 0 Å². The molecule has 0 aromatic heterocycles. The zero-order valence-corrected chi connectivity index (χ0v) is 10.9. The molecule has 0 rings (SSSR count). The lowest BCUT2D eigenvalue weighted by Gasteiger charge is -2.20. The van der Waals surface area contributed by atoms with E-state index in [1.165, 1.54) is 0 Å². The van der Waals surface area contributed by atoms with E-state index < -0.39 is 0 Å². The third-order valence-electron chi connectivity index (χ3n) is 1.57. The van der Waals surface area contributed by atoms with Gasteiger partial charge in [-0.1, -0.05) is 12.2 Å². The van der Waals surface area contributed by atoms with Crippen LogP contribution in [0.4, 0.5) is 0 Å². The van der Waals surface area contributed by atoms with Gasteiger partial charge in [-0.3, -0.25) is 4.79 Å². The van der Waals surface area contributed by atoms with E-state index in [0.29, 0.717) is 26.3 Å². The quantitative estimate of drug-likeness (QED) is 0.506. The molecule has 2 N–H and O–H groups in total. The van der Waals surface area contributed by atoms with E-state index in [0.717, 1.165) is 5.57 Å². The number of hydrogen-bond donors (Lipinski definition) is 2. The molecular weight excluding hydrogens is 204 g/mol. The lowest BCUT2D eigenvalue weighted by Crippen LogP contribution is -2.45. The van der Waals surface area contributed by atoms with Crippen LogP contribution in [-0.4, -0.2) is 37.7 Å². The van der Waals surface area contributed by atoms with Crippen molar-refractivity contribution in [3.8, 4) is 0 Å². The van der Waals surface area contributed by atoms with Crippen LogP contribution in [0.25, 0.3) is 0 Å². The van der Waals surface area contributed by atoms with E-state index >= 15 is 0 Å². The van der Waals surface area contributed by atoms with Gasteiger partial charge in [0.25, 0.3) is 0 Å². The molecule has 1 amide bonds. The van der Waals surface area contributed by atoms with E-state index in [1.807, 2.05) is 27.7 Å². The van der Waals surface area contributed by atoms with Crippen LogP contribution in [0.1, 0.15) is 27.7 Å². The molecule has 0 atom stereocenters. The Hall–Kier alpha value is -0.870. The van der Waals surface area contributed by atoms with Crippen LogP contribution >= 0.6 is 0 Å². The van der Waals surface area contributed by atoms with E-state index in [-0.39, 0.29) is 11.4 Å². The Balaban J connectivity index is 3.38. The monoisotopic (exact) mass is 228 g/mol. The first-order valence-corrected chi connectivity index (χ1v) is 5.55. The highest BCUT2D eigenvalue weighted by molar-refractivity contribution is 5.78. The van der Waals surface area contributed by atoms with Gasteiger partial charge in [0.15, 0.2) is 0 Å². The Morgan fingerprint density at radius 1 is 1.38 bits per heavy atom. The first-order chi connectivity index (χ1) is 7.31. The van der Waals surface area contributed by atoms with Crippen LogP contribution in [0.2, 0.25) is 0 Å². The Bertz CT molecular complexity index is 232. The molecule has 94 valence electrons. The molecule has 0 saturated heterocycles. The largest absolute Gasteiger partial charge is 0.376 e. The molecule has 0 unspecified atom stereocenters. The van der Waals surface area contributed by atoms with Gasteiger partial charge >= 0.3 is 0 Å². The maximum absolute atomic E-state index is 11.4. The predicted octanol–water partition coefficient (Wildman–Crippen LogP) is 1.08. The van der Waals surface area contributed by atoms with Crippen molar-refractivity contribution in [3.63, 3.8) is 0 Å². The van der Waals surface area contributed by atoms with Crippen LogP contribution in [0.3, 0.4) is 0 Å². The fourth-order valence-electron chi connectivity index (χ4n) is 1.06. The minimum atomic E-state index is -0.171. The van der Waals surface area contributed by atoms with Gasteiger partial charge in [-0.15, -0.1) is 0 Å². The summed E-state index contributed by atoms with van der Waals surface area (Å²) in [5, 5.41) is 5.89. The average Bonchev–Trinajstić information content (AvgIpc) is 2.07. The fraction of sp³-hybridized carbons (Fsp3) is 0.750. The average molecular weight is 228 g/mol. The fourth-order valence-corrected chi connectivity index (χ4v) is 1.06. The standard InChI is InChI=1S/C12H24N2O2/c1-10(2)9-16-7-6-13-8-11(15)14-12(3,4)5/h13H,1,6-9H2,2-5H3,(H,14,15). The summed E-state index contributed by atoms with van der Waals surface area (Å²) < 4.78 is 5.28. The number of carbonyl (C=O) groups excluding carboxylic acids is 1. The van der Waals surface area contributed by atoms with Crippen molar-refractivity contribution in [2.24, 2.45) is 0 Å². The maximum atomic E-state index is 11.4. The Kier molecular flexibility index (Phi) is 7.01. The van der Waals surface area contributed by atoms with E-state index in [1.54, 1.807) is 0 Å². The first-order valence-electron chi connectivity index (χ1n) is 5.55. The highest BCUT2D eigenvalue weighted by Gasteiger charge is 2.12. The predicted molar refractivity (Wildman–Crippen MR) is 66.4 cm³/mol. The zero-order valence-electron chi connectivity index (χ0n) is 10.9. The molecule has 0 heterocycles. The second kappa shape index (κ2) is 7.41. The molecule has 0 radical (unpaired) electrons. The third kappa shape index (κ3) is 11.2. The summed E-state index contributed by atoms with van der Waals surface area (Å²) in [4.78, 5) is 11.4. The number of nitrogens with one attached hydrogen (secondary N) is 2. The topological polar surface area (TPSA) is 50.4 Å². The van der Waals surface area contributed by atoms with Crippen LogP contribution in [0, 0.1) is 0 Å². The lowest BCUT2D eigenvalue weighted by atomic mass is 10.1. The van der Waals surface area contributed by atoms with Crippen molar-refractivity contribution in [3.05, 3.63) is 12.2 Å². The van der Waals surface area contributed by atoms with Gasteiger partial charge in [0, 0.05) is 12.1 Å². The highest BCUT2D eigenvalue weighted by atomic mass is 16.5. The highest BCUT2D eigenvalue weighted by Crippen LogP contribution is 1.96. The van der Waals surface area contributed by atoms with Crippen molar-refractivity contribution in [1.82, 2.24) is 10.6 Å². The molecule has 0 spiro atoms. The summed E-state index contributed by atoms with van der Waals surface area (Å²) in [7, 11) is 0. The summed E-state index contributed by atoms with van der Waals surface area (Å²) >= 11 is 0. The summed E-state index contributed by atoms with van der Waals surface area (Å²) in [6.45, 7) is 13.7. The molecule has 0 aromatic rings. The number of amides is 1. The van der Waals surface area contributed by atoms with Crippen LogP contribution in [-0.2, 0) is 9.53 Å². The number of rotatable bonds is 7. The van der Waals surface area contributed by atoms with Crippen LogP contribution in [0.5, 0.6) is 0 Å². The molecule has 0 aliphatic carbocycles. The molecule has 0 aliphatic heterocycles. The minimum absolute atomic E-state index is 0.00685. The van der Waals surface area contributed by atoms with Crippen LogP contribution in [0.15, 0.2) is 12.2 Å². The number of carbonyl (C=O) groups is 1. The van der Waals surface area contributed by atoms with Crippen molar-refractivity contribution in [2.75, 3.05) is 26.3 Å². The van der Waals surface area contributed by atoms with Gasteiger partial charge in [0.2, 0.25) is 5.91 Å². The maximum Gasteiger partial charge on any atom is 0.234 e. The Labute approximate surface area is 98.4 Å². The normalized spacial score (nSPS) is 11.2. The summed E-state index contributed by atoms with van der Waals surface area (Å²) in [6, 6.07) is 0. The van der Waals surface area contributed by atoms with E-state index in [9.17, 15) is 4.79 Å². The van der Waals surface area contributed by atoms with Gasteiger partial charge in [0.1, 0.15) is 0 Å². The van der Waals surface area contributed by atoms with E-state index in [4.69, 9.17) is 4.74 Å². The van der Waals surface area contributed by atoms with Crippen molar-refractivity contribution in [2.45, 2.75) is 33.2 Å². The Morgan fingerprint density at radius 3 is 2.50 bits per heavy atom. The SMILES string of the molecule is C=C(C)COCCNCC(=O)NC(C)(C)C. The van der Waals surface area contributed by atoms with Crippen molar-refractivity contribution in [1.29, 1.82) is 0 Å². The molecule has 0 saturated carbocycles. The molecule has 4 nitrogen and oxygen atoms in total. The van der Waals surface area contributed by atoms with Crippen LogP contribution < -0.4 is 10.6 Å². The first kappa shape index (κ1) is 15.1. The van der Waals surface area contributed by atoms with Gasteiger partial charge in [0.05, 0.1) is 19.8 Å². The molecule has 4 heteroatoms. The summed E-state index contributed by atoms with van der Waals surface area (Å²) in [6.07, 6.45) is 0. The van der Waals surface area contributed by atoms with Crippen molar-refractivity contribution >= 4 is 5.91 Å². The van der Waals surface area contributed by atoms with Gasteiger partial charge in [-0.2, -0.15) is 0 Å². The molecule has 0 fully saturated rings. The zero-order chi connectivity index (χ0) is 12.6. The minimum Gasteiger partial charge on any atom is -0.376 e. The van der Waals surface area contributed by atoms with Crippen molar-refractivity contribution < 1.29 is 9.53 Å². The molecule has 0 bridgehead atoms. The summed E-state index contributed by atoms with van der Waals surface area (Å²) in [5.41, 5.74) is 0.834. The third-order valence-corrected chi connectivity index (χ3v) is 1.57. The second-order valence-electron chi connectivity index (χ2n) is 4.98. The lowest BCUT2D eigenvalue weighted by molar-refractivity contribution is -0.121. The molecule has 0 aromatic carbocycles. The molecular formula is C12H24N2O2. The van der Waals surface area contributed by atoms with E-state index in [2.05, 4.69) is 17.2 Å². The molecule has 0 aliphatic rings.